The Balaban J connectivity index is 2.21. The number of hydrogen-bond donors (Lipinski definition) is 1. The van der Waals surface area contributed by atoms with Gasteiger partial charge in [0.1, 0.15) is 11.7 Å². The molecule has 0 spiro atoms. The van der Waals surface area contributed by atoms with Gasteiger partial charge in [-0.05, 0) is 29.8 Å². The SMILES string of the molecule is CC(C)c1nc2c(-c3cccc(S(=O)(=O)N(C)C)c3)cccc2n1C/C(F)=C/CN. The second kappa shape index (κ2) is 8.67. The summed E-state index contributed by atoms with van der Waals surface area (Å²) >= 11 is 0. The first-order valence-electron chi connectivity index (χ1n) is 9.73. The number of rotatable bonds is 7. The number of fused-ring (bicyclic) bond motifs is 1. The van der Waals surface area contributed by atoms with Crippen molar-refractivity contribution in [1.82, 2.24) is 13.9 Å². The summed E-state index contributed by atoms with van der Waals surface area (Å²) in [6.45, 7) is 4.20. The monoisotopic (exact) mass is 430 g/mol. The minimum Gasteiger partial charge on any atom is -0.327 e. The molecule has 6 nitrogen and oxygen atoms in total. The van der Waals surface area contributed by atoms with E-state index < -0.39 is 10.0 Å². The van der Waals surface area contributed by atoms with Crippen molar-refractivity contribution < 1.29 is 12.8 Å². The van der Waals surface area contributed by atoms with Crippen molar-refractivity contribution in [2.24, 2.45) is 5.73 Å². The van der Waals surface area contributed by atoms with Crippen LogP contribution in [0.1, 0.15) is 25.6 Å². The predicted molar refractivity (Wildman–Crippen MR) is 118 cm³/mol. The molecule has 1 aromatic heterocycles. The lowest BCUT2D eigenvalue weighted by atomic mass is 10.0. The lowest BCUT2D eigenvalue weighted by Gasteiger charge is -2.12. The molecule has 0 atom stereocenters. The average molecular weight is 431 g/mol. The van der Waals surface area contributed by atoms with E-state index in [0.717, 1.165) is 22.5 Å². The van der Waals surface area contributed by atoms with E-state index >= 15 is 0 Å². The molecule has 0 bridgehead atoms. The first kappa shape index (κ1) is 22.1. The molecular weight excluding hydrogens is 403 g/mol. The van der Waals surface area contributed by atoms with Gasteiger partial charge in [0, 0.05) is 32.1 Å². The number of imidazole rings is 1. The number of sulfonamides is 1. The maximum absolute atomic E-state index is 14.3. The number of nitrogens with zero attached hydrogens (tertiary/aromatic N) is 3. The number of aromatic nitrogens is 2. The zero-order chi connectivity index (χ0) is 22.1. The zero-order valence-corrected chi connectivity index (χ0v) is 18.4. The lowest BCUT2D eigenvalue weighted by molar-refractivity contribution is 0.521. The Bertz CT molecular complexity index is 1200. The summed E-state index contributed by atoms with van der Waals surface area (Å²) in [5, 5.41) is 0. The number of nitrogens with two attached hydrogens (primary N) is 1. The van der Waals surface area contributed by atoms with Gasteiger partial charge in [0.05, 0.1) is 22.5 Å². The van der Waals surface area contributed by atoms with E-state index in [4.69, 9.17) is 10.7 Å². The third kappa shape index (κ3) is 4.16. The molecule has 0 fully saturated rings. The van der Waals surface area contributed by atoms with Crippen LogP contribution in [0.3, 0.4) is 0 Å². The van der Waals surface area contributed by atoms with Crippen LogP contribution in [0, 0.1) is 0 Å². The van der Waals surface area contributed by atoms with E-state index in [0.29, 0.717) is 5.52 Å². The van der Waals surface area contributed by atoms with E-state index in [1.807, 2.05) is 42.7 Å². The summed E-state index contributed by atoms with van der Waals surface area (Å²) in [5.74, 6) is 0.523. The molecule has 8 heteroatoms. The summed E-state index contributed by atoms with van der Waals surface area (Å²) in [7, 11) is -0.555. The van der Waals surface area contributed by atoms with E-state index in [-0.39, 0.29) is 29.7 Å². The normalized spacial score (nSPS) is 13.0. The Morgan fingerprint density at radius 2 is 1.93 bits per heavy atom. The molecule has 160 valence electrons. The smallest absolute Gasteiger partial charge is 0.242 e. The fourth-order valence-electron chi connectivity index (χ4n) is 3.38. The third-order valence-corrected chi connectivity index (χ3v) is 6.71. The Labute approximate surface area is 176 Å². The van der Waals surface area contributed by atoms with Crippen LogP contribution in [0.25, 0.3) is 22.2 Å². The van der Waals surface area contributed by atoms with E-state index in [1.54, 1.807) is 18.2 Å². The molecule has 3 rings (SSSR count). The number of allylic oxidation sites excluding steroid dienone is 1. The highest BCUT2D eigenvalue weighted by atomic mass is 32.2. The first-order valence-corrected chi connectivity index (χ1v) is 11.2. The van der Waals surface area contributed by atoms with Gasteiger partial charge in [-0.1, -0.05) is 38.1 Å². The van der Waals surface area contributed by atoms with Crippen LogP contribution in [-0.2, 0) is 16.6 Å². The minimum absolute atomic E-state index is 0.0553. The zero-order valence-electron chi connectivity index (χ0n) is 17.6. The van der Waals surface area contributed by atoms with Crippen LogP contribution in [0.15, 0.2) is 59.3 Å². The molecule has 0 aliphatic heterocycles. The van der Waals surface area contributed by atoms with Gasteiger partial charge in [0.2, 0.25) is 10.0 Å². The van der Waals surface area contributed by atoms with E-state index in [1.165, 1.54) is 24.5 Å². The molecule has 0 aliphatic carbocycles. The highest BCUT2D eigenvalue weighted by Gasteiger charge is 2.20. The van der Waals surface area contributed by atoms with Gasteiger partial charge in [-0.15, -0.1) is 0 Å². The summed E-state index contributed by atoms with van der Waals surface area (Å²) < 4.78 is 42.4. The average Bonchev–Trinajstić information content (AvgIpc) is 3.07. The maximum Gasteiger partial charge on any atom is 0.242 e. The number of benzene rings is 2. The standard InChI is InChI=1S/C22H27FN4O2S/c1-15(2)22-25-21-19(9-6-10-20(21)27(22)14-17(23)11-12-24)16-7-5-8-18(13-16)30(28,29)26(3)4/h5-11,13,15H,12,14,24H2,1-4H3/b17-11-. The van der Waals surface area contributed by atoms with Gasteiger partial charge in [-0.2, -0.15) is 0 Å². The molecule has 1 heterocycles. The summed E-state index contributed by atoms with van der Waals surface area (Å²) in [5.41, 5.74) is 8.48. The Hall–Kier alpha value is -2.55. The van der Waals surface area contributed by atoms with Crippen LogP contribution in [-0.4, -0.2) is 42.9 Å². The Morgan fingerprint density at radius 1 is 1.23 bits per heavy atom. The summed E-state index contributed by atoms with van der Waals surface area (Å²) in [6, 6.07) is 12.5. The van der Waals surface area contributed by atoms with Gasteiger partial charge < -0.3 is 10.3 Å². The molecule has 0 saturated heterocycles. The number of halogens is 1. The van der Waals surface area contributed by atoms with Crippen molar-refractivity contribution in [2.75, 3.05) is 20.6 Å². The van der Waals surface area contributed by atoms with Crippen LogP contribution < -0.4 is 5.73 Å². The van der Waals surface area contributed by atoms with E-state index in [9.17, 15) is 12.8 Å². The summed E-state index contributed by atoms with van der Waals surface area (Å²) in [4.78, 5) is 5.02. The number of para-hydroxylation sites is 1. The molecule has 0 saturated carbocycles. The third-order valence-electron chi connectivity index (χ3n) is 4.90. The highest BCUT2D eigenvalue weighted by Crippen LogP contribution is 2.32. The van der Waals surface area contributed by atoms with E-state index in [2.05, 4.69) is 0 Å². The topological polar surface area (TPSA) is 81.2 Å². The Morgan fingerprint density at radius 3 is 2.57 bits per heavy atom. The molecule has 0 aliphatic rings. The van der Waals surface area contributed by atoms with Gasteiger partial charge in [0.25, 0.3) is 0 Å². The molecule has 3 aromatic rings. The van der Waals surface area contributed by atoms with Crippen LogP contribution in [0.5, 0.6) is 0 Å². The minimum atomic E-state index is -3.56. The van der Waals surface area contributed by atoms with Crippen LogP contribution in [0.2, 0.25) is 0 Å². The van der Waals surface area contributed by atoms with Gasteiger partial charge in [-0.3, -0.25) is 0 Å². The molecule has 2 aromatic carbocycles. The second-order valence-corrected chi connectivity index (χ2v) is 9.74. The first-order chi connectivity index (χ1) is 14.2. The molecule has 0 radical (unpaired) electrons. The second-order valence-electron chi connectivity index (χ2n) is 7.59. The number of hydrogen-bond acceptors (Lipinski definition) is 4. The lowest BCUT2D eigenvalue weighted by Crippen LogP contribution is -2.22. The fraction of sp³-hybridized carbons (Fsp3) is 0.318. The maximum atomic E-state index is 14.3. The van der Waals surface area contributed by atoms with Crippen molar-refractivity contribution in [3.05, 3.63) is 60.2 Å². The molecule has 30 heavy (non-hydrogen) atoms. The Kier molecular flexibility index (Phi) is 6.40. The molecule has 2 N–H and O–H groups in total. The van der Waals surface area contributed by atoms with Crippen molar-refractivity contribution in [3.63, 3.8) is 0 Å². The van der Waals surface area contributed by atoms with Crippen molar-refractivity contribution >= 4 is 21.1 Å². The van der Waals surface area contributed by atoms with Gasteiger partial charge in [-0.25, -0.2) is 22.1 Å². The van der Waals surface area contributed by atoms with Gasteiger partial charge in [0.15, 0.2) is 0 Å². The van der Waals surface area contributed by atoms with Crippen molar-refractivity contribution in [3.8, 4) is 11.1 Å². The highest BCUT2D eigenvalue weighted by molar-refractivity contribution is 7.89. The van der Waals surface area contributed by atoms with Crippen molar-refractivity contribution in [1.29, 1.82) is 0 Å². The van der Waals surface area contributed by atoms with Crippen LogP contribution in [0.4, 0.5) is 4.39 Å². The molecular formula is C22H27FN4O2S. The summed E-state index contributed by atoms with van der Waals surface area (Å²) in [6.07, 6.45) is 1.36. The quantitative estimate of drug-likeness (QED) is 0.617. The van der Waals surface area contributed by atoms with Gasteiger partial charge >= 0.3 is 0 Å². The fourth-order valence-corrected chi connectivity index (χ4v) is 4.33. The largest absolute Gasteiger partial charge is 0.327 e. The molecule has 0 unspecified atom stereocenters. The van der Waals surface area contributed by atoms with Crippen LogP contribution >= 0.6 is 0 Å². The molecule has 0 amide bonds. The predicted octanol–water partition coefficient (Wildman–Crippen LogP) is 3.89. The van der Waals surface area contributed by atoms with Crippen molar-refractivity contribution in [2.45, 2.75) is 31.2 Å².